The number of hydrogen-bond donors (Lipinski definition) is 1. The van der Waals surface area contributed by atoms with E-state index in [0.717, 1.165) is 18.8 Å². The summed E-state index contributed by atoms with van der Waals surface area (Å²) in [4.78, 5) is 11.4. The maximum Gasteiger partial charge on any atom is 0.322 e. The van der Waals surface area contributed by atoms with Gasteiger partial charge >= 0.3 is 6.01 Å². The van der Waals surface area contributed by atoms with Gasteiger partial charge in [0.25, 0.3) is 0 Å². The van der Waals surface area contributed by atoms with Crippen LogP contribution in [0.5, 0.6) is 17.6 Å². The first-order valence-corrected chi connectivity index (χ1v) is 11.8. The number of nitrogens with zero attached hydrogens (tertiary/aromatic N) is 5. The van der Waals surface area contributed by atoms with Gasteiger partial charge in [-0.15, -0.1) is 5.10 Å². The van der Waals surface area contributed by atoms with Gasteiger partial charge in [0.2, 0.25) is 11.8 Å². The number of methoxy groups -OCH3 is 1. The average Bonchev–Trinajstić information content (AvgIpc) is 3.31. The number of para-hydroxylation sites is 1. The van der Waals surface area contributed by atoms with Crippen molar-refractivity contribution in [2.24, 2.45) is 11.8 Å². The lowest BCUT2D eigenvalue weighted by atomic mass is 9.92. The van der Waals surface area contributed by atoms with Gasteiger partial charge in [-0.1, -0.05) is 23.7 Å². The molecule has 2 aromatic heterocycles. The lowest BCUT2D eigenvalue weighted by Gasteiger charge is -2.39. The van der Waals surface area contributed by atoms with Gasteiger partial charge in [0.15, 0.2) is 0 Å². The van der Waals surface area contributed by atoms with Crippen LogP contribution in [-0.4, -0.2) is 46.0 Å². The molecule has 2 fully saturated rings. The minimum atomic E-state index is 0.103. The lowest BCUT2D eigenvalue weighted by molar-refractivity contribution is 0.373. The SMILES string of the molecule is COc1cc(N2C[C@H]3CC[C@@H](C2)[C@@H]3Nc2nc(Oc3ccccc3Cl)n(C(C)C)n2)ccn1. The van der Waals surface area contributed by atoms with Crippen molar-refractivity contribution in [3.63, 3.8) is 0 Å². The van der Waals surface area contributed by atoms with Crippen LogP contribution in [0.1, 0.15) is 32.7 Å². The molecule has 1 aliphatic carbocycles. The highest BCUT2D eigenvalue weighted by Gasteiger charge is 2.42. The molecule has 1 saturated carbocycles. The maximum atomic E-state index is 6.28. The van der Waals surface area contributed by atoms with Crippen molar-refractivity contribution in [2.45, 2.75) is 38.8 Å². The maximum absolute atomic E-state index is 6.28. The van der Waals surface area contributed by atoms with Crippen LogP contribution in [0.15, 0.2) is 42.6 Å². The number of ether oxygens (including phenoxy) is 2. The fourth-order valence-corrected chi connectivity index (χ4v) is 5.10. The first-order valence-electron chi connectivity index (χ1n) is 11.4. The third kappa shape index (κ3) is 4.44. The highest BCUT2D eigenvalue weighted by atomic mass is 35.5. The number of pyridine rings is 1. The number of benzene rings is 1. The molecule has 3 atom stereocenters. The van der Waals surface area contributed by atoms with Gasteiger partial charge in [0.05, 0.1) is 18.2 Å². The van der Waals surface area contributed by atoms with Gasteiger partial charge in [-0.2, -0.15) is 4.98 Å². The number of aromatic nitrogens is 4. The van der Waals surface area contributed by atoms with E-state index >= 15 is 0 Å². The standard InChI is InChI=1S/C24H29ClN6O2/c1-15(2)31-24(33-20-7-5-4-6-19(20)25)28-23(29-31)27-22-16-8-9-17(22)14-30(13-16)18-10-11-26-21(12-18)32-3/h4-7,10-12,15-17,22H,8-9,13-14H2,1-3H3,(H,27,29)/t16-,17+,22-. The van der Waals surface area contributed by atoms with Crippen LogP contribution in [0.25, 0.3) is 0 Å². The Morgan fingerprint density at radius 2 is 1.88 bits per heavy atom. The summed E-state index contributed by atoms with van der Waals surface area (Å²) < 4.78 is 13.1. The van der Waals surface area contributed by atoms with Crippen molar-refractivity contribution in [3.8, 4) is 17.6 Å². The zero-order chi connectivity index (χ0) is 22.9. The first-order chi connectivity index (χ1) is 16.0. The summed E-state index contributed by atoms with van der Waals surface area (Å²) in [5.74, 6) is 2.85. The van der Waals surface area contributed by atoms with E-state index in [2.05, 4.69) is 40.1 Å². The molecular weight excluding hydrogens is 440 g/mol. The van der Waals surface area contributed by atoms with Gasteiger partial charge in [-0.05, 0) is 56.7 Å². The quantitative estimate of drug-likeness (QED) is 0.520. The van der Waals surface area contributed by atoms with Crippen molar-refractivity contribution in [3.05, 3.63) is 47.6 Å². The molecule has 1 aromatic carbocycles. The number of halogens is 1. The Morgan fingerprint density at radius 3 is 2.58 bits per heavy atom. The van der Waals surface area contributed by atoms with Crippen LogP contribution in [0.2, 0.25) is 5.02 Å². The second-order valence-corrected chi connectivity index (χ2v) is 9.43. The van der Waals surface area contributed by atoms with Crippen LogP contribution in [0.3, 0.4) is 0 Å². The van der Waals surface area contributed by atoms with Crippen molar-refractivity contribution in [2.75, 3.05) is 30.4 Å². The molecular formula is C24H29ClN6O2. The Balaban J connectivity index is 1.32. The van der Waals surface area contributed by atoms with E-state index in [-0.39, 0.29) is 6.04 Å². The molecule has 2 aliphatic rings. The van der Waals surface area contributed by atoms with Gasteiger partial charge in [-0.25, -0.2) is 9.67 Å². The van der Waals surface area contributed by atoms with Crippen molar-refractivity contribution in [1.29, 1.82) is 0 Å². The van der Waals surface area contributed by atoms with E-state index in [9.17, 15) is 0 Å². The molecule has 1 saturated heterocycles. The highest BCUT2D eigenvalue weighted by molar-refractivity contribution is 6.32. The number of nitrogens with one attached hydrogen (secondary N) is 1. The van der Waals surface area contributed by atoms with Crippen LogP contribution < -0.4 is 19.7 Å². The summed E-state index contributed by atoms with van der Waals surface area (Å²) in [5.41, 5.74) is 1.16. The molecule has 9 heteroatoms. The smallest absolute Gasteiger partial charge is 0.322 e. The molecule has 5 rings (SSSR count). The number of anilines is 2. The third-order valence-electron chi connectivity index (χ3n) is 6.55. The predicted molar refractivity (Wildman–Crippen MR) is 129 cm³/mol. The molecule has 3 aromatic rings. The Labute approximate surface area is 198 Å². The molecule has 0 spiro atoms. The minimum absolute atomic E-state index is 0.103. The summed E-state index contributed by atoms with van der Waals surface area (Å²) in [6.07, 6.45) is 4.19. The van der Waals surface area contributed by atoms with E-state index in [1.54, 1.807) is 17.9 Å². The van der Waals surface area contributed by atoms with Crippen molar-refractivity contribution >= 4 is 23.2 Å². The summed E-state index contributed by atoms with van der Waals surface area (Å²) in [6, 6.07) is 12.3. The van der Waals surface area contributed by atoms with Crippen LogP contribution in [-0.2, 0) is 0 Å². The number of fused-ring (bicyclic) bond motifs is 2. The summed E-state index contributed by atoms with van der Waals surface area (Å²) in [5, 5.41) is 8.89. The molecule has 1 aliphatic heterocycles. The number of rotatable bonds is 7. The highest BCUT2D eigenvalue weighted by Crippen LogP contribution is 2.40. The van der Waals surface area contributed by atoms with E-state index in [4.69, 9.17) is 26.2 Å². The van der Waals surface area contributed by atoms with Crippen LogP contribution in [0.4, 0.5) is 11.6 Å². The molecule has 174 valence electrons. The molecule has 33 heavy (non-hydrogen) atoms. The topological polar surface area (TPSA) is 77.3 Å². The lowest BCUT2D eigenvalue weighted by Crippen LogP contribution is -2.48. The normalized spacial score (nSPS) is 22.0. The molecule has 0 amide bonds. The Bertz CT molecular complexity index is 1110. The fourth-order valence-electron chi connectivity index (χ4n) is 4.93. The summed E-state index contributed by atoms with van der Waals surface area (Å²) >= 11 is 6.28. The molecule has 0 radical (unpaired) electrons. The van der Waals surface area contributed by atoms with E-state index in [1.807, 2.05) is 30.5 Å². The van der Waals surface area contributed by atoms with E-state index in [0.29, 0.717) is 46.5 Å². The van der Waals surface area contributed by atoms with Gasteiger partial charge < -0.3 is 19.7 Å². The number of hydrogen-bond acceptors (Lipinski definition) is 7. The zero-order valence-corrected chi connectivity index (χ0v) is 19.9. The molecule has 0 unspecified atom stereocenters. The largest absolute Gasteiger partial charge is 0.481 e. The van der Waals surface area contributed by atoms with Gasteiger partial charge in [0.1, 0.15) is 5.75 Å². The number of piperidine rings is 1. The average molecular weight is 469 g/mol. The fraction of sp³-hybridized carbons (Fsp3) is 0.458. The monoisotopic (exact) mass is 468 g/mol. The Morgan fingerprint density at radius 1 is 1.12 bits per heavy atom. The Hall–Kier alpha value is -3.00. The summed E-state index contributed by atoms with van der Waals surface area (Å²) in [7, 11) is 1.65. The van der Waals surface area contributed by atoms with Gasteiger partial charge in [-0.3, -0.25) is 0 Å². The molecule has 1 N–H and O–H groups in total. The summed E-state index contributed by atoms with van der Waals surface area (Å²) in [6.45, 7) is 6.08. The molecule has 3 heterocycles. The second kappa shape index (κ2) is 9.09. The van der Waals surface area contributed by atoms with Gasteiger partial charge in [0, 0.05) is 37.1 Å². The first kappa shape index (κ1) is 21.8. The molecule has 2 bridgehead atoms. The zero-order valence-electron chi connectivity index (χ0n) is 19.1. The second-order valence-electron chi connectivity index (χ2n) is 9.02. The van der Waals surface area contributed by atoms with Crippen molar-refractivity contribution in [1.82, 2.24) is 19.7 Å². The third-order valence-corrected chi connectivity index (χ3v) is 6.86. The van der Waals surface area contributed by atoms with Crippen LogP contribution >= 0.6 is 11.6 Å². The van der Waals surface area contributed by atoms with Crippen LogP contribution in [0, 0.1) is 11.8 Å². The minimum Gasteiger partial charge on any atom is -0.481 e. The van der Waals surface area contributed by atoms with E-state index in [1.165, 1.54) is 12.8 Å². The molecule has 8 nitrogen and oxygen atoms in total. The van der Waals surface area contributed by atoms with Crippen molar-refractivity contribution < 1.29 is 9.47 Å². The van der Waals surface area contributed by atoms with E-state index < -0.39 is 0 Å². The Kier molecular flexibility index (Phi) is 6.01. The predicted octanol–water partition coefficient (Wildman–Crippen LogP) is 5.04.